The number of cyclic esters (lactones) is 1. The third-order valence-corrected chi connectivity index (χ3v) is 10.5. The van der Waals surface area contributed by atoms with Crippen LogP contribution in [0, 0.1) is 28.1 Å². The Morgan fingerprint density at radius 1 is 1.06 bits per heavy atom. The highest BCUT2D eigenvalue weighted by Crippen LogP contribution is 2.79. The summed E-state index contributed by atoms with van der Waals surface area (Å²) >= 11 is 0. The summed E-state index contributed by atoms with van der Waals surface area (Å²) in [6, 6.07) is 1.84. The van der Waals surface area contributed by atoms with Gasteiger partial charge in [0.1, 0.15) is 17.5 Å². The van der Waals surface area contributed by atoms with Gasteiger partial charge in [0.15, 0.2) is 6.10 Å². The molecule has 180 valence electrons. The van der Waals surface area contributed by atoms with Crippen molar-refractivity contribution in [3.8, 4) is 0 Å². The van der Waals surface area contributed by atoms with E-state index in [1.54, 1.807) is 19.6 Å². The van der Waals surface area contributed by atoms with Crippen LogP contribution in [-0.2, 0) is 28.5 Å². The maximum Gasteiger partial charge on any atom is 0.339 e. The van der Waals surface area contributed by atoms with Crippen LogP contribution in [0.3, 0.4) is 0 Å². The molecule has 7 nitrogen and oxygen atoms in total. The minimum atomic E-state index is -0.893. The number of carbonyl (C=O) groups is 2. The molecule has 0 N–H and O–H groups in total. The molecule has 0 bridgehead atoms. The van der Waals surface area contributed by atoms with Crippen LogP contribution in [0.25, 0.3) is 0 Å². The lowest BCUT2D eigenvalue weighted by Crippen LogP contribution is -2.71. The van der Waals surface area contributed by atoms with Gasteiger partial charge in [-0.3, -0.25) is 4.79 Å². The first kappa shape index (κ1) is 21.8. The summed E-state index contributed by atoms with van der Waals surface area (Å²) in [5.74, 6) is -0.114. The van der Waals surface area contributed by atoms with Gasteiger partial charge in [0.2, 0.25) is 0 Å². The van der Waals surface area contributed by atoms with E-state index in [2.05, 4.69) is 34.6 Å². The fourth-order valence-electron chi connectivity index (χ4n) is 9.04. The summed E-state index contributed by atoms with van der Waals surface area (Å²) in [6.45, 7) is 11.1. The Hall–Kier alpha value is -1.70. The molecule has 9 atom stereocenters. The molecule has 1 spiro atoms. The van der Waals surface area contributed by atoms with Crippen molar-refractivity contribution in [2.24, 2.45) is 28.1 Å². The van der Waals surface area contributed by atoms with Crippen LogP contribution in [0.5, 0.6) is 0 Å². The minimum Gasteiger partial charge on any atom is -0.472 e. The van der Waals surface area contributed by atoms with E-state index in [0.717, 1.165) is 18.4 Å². The summed E-state index contributed by atoms with van der Waals surface area (Å²) in [7, 11) is 1.70. The number of Topliss-reactive ketones (excluding diaryl/α,β-unsaturated/α-hetero) is 1. The molecule has 6 rings (SSSR count). The Balaban J connectivity index is 1.51. The fourth-order valence-corrected chi connectivity index (χ4v) is 9.04. The molecule has 0 unspecified atom stereocenters. The van der Waals surface area contributed by atoms with Crippen LogP contribution in [-0.4, -0.2) is 48.9 Å². The van der Waals surface area contributed by atoms with Gasteiger partial charge in [-0.2, -0.15) is 0 Å². The molecule has 0 aromatic carbocycles. The quantitative estimate of drug-likeness (QED) is 0.502. The lowest BCUT2D eigenvalue weighted by molar-refractivity contribution is -0.212. The van der Waals surface area contributed by atoms with E-state index >= 15 is 0 Å². The Kier molecular flexibility index (Phi) is 4.16. The van der Waals surface area contributed by atoms with Crippen molar-refractivity contribution < 1.29 is 33.0 Å². The van der Waals surface area contributed by atoms with Gasteiger partial charge in [-0.25, -0.2) is 4.79 Å². The molecule has 5 fully saturated rings. The first-order valence-corrected chi connectivity index (χ1v) is 12.1. The van der Waals surface area contributed by atoms with Crippen LogP contribution in [0.4, 0.5) is 0 Å². The molecule has 33 heavy (non-hydrogen) atoms. The van der Waals surface area contributed by atoms with Crippen molar-refractivity contribution in [2.45, 2.75) is 83.4 Å². The molecule has 0 radical (unpaired) electrons. The van der Waals surface area contributed by atoms with Crippen molar-refractivity contribution in [1.29, 1.82) is 0 Å². The zero-order chi connectivity index (χ0) is 23.6. The highest BCUT2D eigenvalue weighted by Gasteiger charge is 2.89. The predicted octanol–water partition coefficient (Wildman–Crippen LogP) is 3.86. The fraction of sp³-hybridized carbons (Fsp3) is 0.769. The highest BCUT2D eigenvalue weighted by molar-refractivity contribution is 5.93. The maximum atomic E-state index is 14.2. The van der Waals surface area contributed by atoms with Gasteiger partial charge >= 0.3 is 5.97 Å². The van der Waals surface area contributed by atoms with Gasteiger partial charge in [0.25, 0.3) is 0 Å². The number of carbonyl (C=O) groups excluding carboxylic acids is 2. The van der Waals surface area contributed by atoms with Crippen molar-refractivity contribution in [1.82, 2.24) is 0 Å². The van der Waals surface area contributed by atoms with E-state index in [9.17, 15) is 9.59 Å². The molecule has 2 saturated carbocycles. The molecule has 5 aliphatic rings. The van der Waals surface area contributed by atoms with Crippen molar-refractivity contribution in [3.63, 3.8) is 0 Å². The maximum absolute atomic E-state index is 14.2. The zero-order valence-electron chi connectivity index (χ0n) is 20.3. The number of ketones is 1. The molecule has 1 aromatic rings. The summed E-state index contributed by atoms with van der Waals surface area (Å²) in [6.07, 6.45) is 3.91. The average Bonchev–Trinajstić information content (AvgIpc) is 3.25. The molecule has 4 heterocycles. The first-order valence-electron chi connectivity index (χ1n) is 12.1. The second kappa shape index (κ2) is 6.29. The third kappa shape index (κ3) is 2.23. The largest absolute Gasteiger partial charge is 0.472 e. The highest BCUT2D eigenvalue weighted by atomic mass is 16.7. The molecule has 7 heteroatoms. The van der Waals surface area contributed by atoms with E-state index < -0.39 is 34.2 Å². The predicted molar refractivity (Wildman–Crippen MR) is 116 cm³/mol. The van der Waals surface area contributed by atoms with Crippen molar-refractivity contribution in [3.05, 3.63) is 24.2 Å². The number of epoxide rings is 1. The van der Waals surface area contributed by atoms with Crippen LogP contribution in [0.15, 0.2) is 23.0 Å². The lowest BCUT2D eigenvalue weighted by Gasteiger charge is -2.64. The normalized spacial score (nSPS) is 51.8. The number of methoxy groups -OCH3 is 1. The van der Waals surface area contributed by atoms with Gasteiger partial charge in [-0.05, 0) is 45.6 Å². The molecule has 0 amide bonds. The van der Waals surface area contributed by atoms with Crippen molar-refractivity contribution in [2.75, 3.05) is 13.7 Å². The van der Waals surface area contributed by atoms with Gasteiger partial charge in [-0.15, -0.1) is 0 Å². The monoisotopic (exact) mass is 458 g/mol. The number of fused-ring (bicyclic) bond motifs is 3. The first-order chi connectivity index (χ1) is 15.5. The smallest absolute Gasteiger partial charge is 0.339 e. The number of rotatable bonds is 3. The standard InChI is InChI=1S/C26H34O7/c1-22(2)16-11-17(27)25(5)15(24(16,4)18(32-22)13-29-6)7-9-23(3)19(14-8-10-30-12-14)31-21(28)20-26(23,25)33-20/h8,10,12,15-16,18-20H,7,9,11,13H2,1-6H3/t15-,16+,18+,19+,20-,23+,24-,25+,26-/m1/s1. The molecule has 1 aromatic heterocycles. The van der Waals surface area contributed by atoms with Gasteiger partial charge in [-0.1, -0.05) is 13.8 Å². The van der Waals surface area contributed by atoms with Crippen LogP contribution >= 0.6 is 0 Å². The summed E-state index contributed by atoms with van der Waals surface area (Å²) < 4.78 is 29.8. The van der Waals surface area contributed by atoms with E-state index in [0.29, 0.717) is 13.0 Å². The second-order valence-electron chi connectivity index (χ2n) is 12.0. The summed E-state index contributed by atoms with van der Waals surface area (Å²) in [4.78, 5) is 27.3. The van der Waals surface area contributed by atoms with E-state index in [-0.39, 0.29) is 35.1 Å². The zero-order valence-corrected chi connectivity index (χ0v) is 20.3. The van der Waals surface area contributed by atoms with Gasteiger partial charge in [0, 0.05) is 35.8 Å². The lowest BCUT2D eigenvalue weighted by atomic mass is 9.37. The number of hydrogen-bond acceptors (Lipinski definition) is 7. The van der Waals surface area contributed by atoms with E-state index in [4.69, 9.17) is 23.4 Å². The Morgan fingerprint density at radius 2 is 1.82 bits per heavy atom. The number of furan rings is 1. The van der Waals surface area contributed by atoms with Gasteiger partial charge in [0.05, 0.1) is 36.3 Å². The Bertz CT molecular complexity index is 1020. The molecule has 3 saturated heterocycles. The second-order valence-corrected chi connectivity index (χ2v) is 12.0. The average molecular weight is 459 g/mol. The Morgan fingerprint density at radius 3 is 2.48 bits per heavy atom. The Labute approximate surface area is 194 Å². The number of esters is 1. The number of hydrogen-bond donors (Lipinski definition) is 0. The van der Waals surface area contributed by atoms with Gasteiger partial charge < -0.3 is 23.4 Å². The van der Waals surface area contributed by atoms with Crippen LogP contribution < -0.4 is 0 Å². The van der Waals surface area contributed by atoms with Crippen molar-refractivity contribution >= 4 is 11.8 Å². The molecular weight excluding hydrogens is 424 g/mol. The summed E-state index contributed by atoms with van der Waals surface area (Å²) in [5.41, 5.74) is -2.15. The van der Waals surface area contributed by atoms with Crippen LogP contribution in [0.2, 0.25) is 0 Å². The molecule has 3 aliphatic heterocycles. The van der Waals surface area contributed by atoms with E-state index in [1.165, 1.54) is 0 Å². The minimum absolute atomic E-state index is 0.00662. The molecule has 2 aliphatic carbocycles. The molecular formula is C26H34O7. The third-order valence-electron chi connectivity index (χ3n) is 10.5. The van der Waals surface area contributed by atoms with E-state index in [1.807, 2.05) is 6.07 Å². The van der Waals surface area contributed by atoms with Crippen LogP contribution in [0.1, 0.15) is 65.5 Å². The number of ether oxygens (including phenoxy) is 4. The SMILES string of the molecule is COC[C@@H]1OC(C)(C)[C@@H]2CC(=O)[C@]3(C)[C@H](CC[C@@]4(C)[C@H](c5ccoc5)OC(=O)[C@H]5O[C@]543)[C@@]12C. The summed E-state index contributed by atoms with van der Waals surface area (Å²) in [5, 5.41) is 0. The topological polar surface area (TPSA) is 87.5 Å².